The molecule has 3 aliphatic rings. The zero-order chi connectivity index (χ0) is 15.5. The summed E-state index contributed by atoms with van der Waals surface area (Å²) < 4.78 is 0. The average Bonchev–Trinajstić information content (AvgIpc) is 2.57. The van der Waals surface area contributed by atoms with Gasteiger partial charge in [0.05, 0.1) is 0 Å². The molecule has 3 aliphatic heterocycles. The fraction of sp³-hybridized carbons (Fsp3) is 0.300. The lowest BCUT2D eigenvalue weighted by Crippen LogP contribution is -2.84. The van der Waals surface area contributed by atoms with Gasteiger partial charge in [-0.1, -0.05) is 85.9 Å². The third-order valence-electron chi connectivity index (χ3n) is 6.29. The lowest BCUT2D eigenvalue weighted by Gasteiger charge is -2.53. The Kier molecular flexibility index (Phi) is 2.95. The third-order valence-corrected chi connectivity index (χ3v) is 16.8. The fourth-order valence-corrected chi connectivity index (χ4v) is 19.0. The first kappa shape index (κ1) is 14.2. The molecule has 0 spiro atoms. The molecular weight excluding hydrogens is 296 g/mol. The van der Waals surface area contributed by atoms with Gasteiger partial charge in [-0.25, -0.2) is 0 Å². The van der Waals surface area contributed by atoms with Gasteiger partial charge in [-0.05, 0) is 33.6 Å². The Labute approximate surface area is 135 Å². The number of rotatable bonds is 2. The van der Waals surface area contributed by atoms with E-state index in [0.29, 0.717) is 0 Å². The van der Waals surface area contributed by atoms with Crippen LogP contribution in [0.3, 0.4) is 0 Å². The molecule has 0 amide bonds. The molecule has 0 N–H and O–H groups in total. The summed E-state index contributed by atoms with van der Waals surface area (Å²) in [7, 11) is -3.46. The van der Waals surface area contributed by atoms with Gasteiger partial charge in [0.25, 0.3) is 0 Å². The average molecular weight is 321 g/mol. The van der Waals surface area contributed by atoms with Crippen molar-refractivity contribution in [3.8, 4) is 0 Å². The van der Waals surface area contributed by atoms with Crippen LogP contribution in [-0.4, -0.2) is 16.1 Å². The van der Waals surface area contributed by atoms with Crippen LogP contribution >= 0.6 is 0 Å². The van der Waals surface area contributed by atoms with Gasteiger partial charge in [-0.2, -0.15) is 0 Å². The molecular formula is C20H24Si2. The van der Waals surface area contributed by atoms with Crippen molar-refractivity contribution in [1.29, 1.82) is 0 Å². The second kappa shape index (κ2) is 4.56. The Morgan fingerprint density at radius 1 is 0.591 bits per heavy atom. The maximum absolute atomic E-state index is 2.60. The second-order valence-corrected chi connectivity index (χ2v) is 14.9. The summed E-state index contributed by atoms with van der Waals surface area (Å²) in [4.78, 5) is 0. The van der Waals surface area contributed by atoms with Crippen molar-refractivity contribution in [2.75, 3.05) is 0 Å². The Balaban J connectivity index is 2.22. The Hall–Kier alpha value is -1.39. The van der Waals surface area contributed by atoms with Crippen LogP contribution < -0.4 is 20.7 Å². The van der Waals surface area contributed by atoms with Crippen LogP contribution in [0.15, 0.2) is 58.9 Å². The predicted octanol–water partition coefficient (Wildman–Crippen LogP) is 2.59. The van der Waals surface area contributed by atoms with Crippen LogP contribution in [0.1, 0.15) is 26.7 Å². The smallest absolute Gasteiger partial charge is 0.0759 e. The molecule has 2 aromatic carbocycles. The largest absolute Gasteiger partial charge is 0.140 e. The van der Waals surface area contributed by atoms with Crippen molar-refractivity contribution >= 4 is 36.9 Å². The number of hydrogen-bond donors (Lipinski definition) is 0. The van der Waals surface area contributed by atoms with Crippen molar-refractivity contribution in [3.63, 3.8) is 0 Å². The molecule has 0 fully saturated rings. The molecule has 2 heteroatoms. The van der Waals surface area contributed by atoms with Gasteiger partial charge < -0.3 is 0 Å². The zero-order valence-electron chi connectivity index (χ0n) is 14.0. The van der Waals surface area contributed by atoms with E-state index in [0.717, 1.165) is 0 Å². The molecule has 112 valence electrons. The van der Waals surface area contributed by atoms with E-state index in [1.54, 1.807) is 20.7 Å². The van der Waals surface area contributed by atoms with Crippen LogP contribution in [0.2, 0.25) is 13.1 Å². The van der Waals surface area contributed by atoms with Gasteiger partial charge in [0.2, 0.25) is 0 Å². The maximum Gasteiger partial charge on any atom is 0.140 e. The van der Waals surface area contributed by atoms with Crippen LogP contribution in [0, 0.1) is 0 Å². The third kappa shape index (κ3) is 1.38. The SMILES string of the molecule is CCC1=C(CC)[Si]2(C)c3ccccc3[Si]1(C)c1ccccc12. The minimum absolute atomic E-state index is 1.23. The summed E-state index contributed by atoms with van der Waals surface area (Å²) >= 11 is 0. The molecule has 0 atom stereocenters. The van der Waals surface area contributed by atoms with E-state index in [-0.39, 0.29) is 0 Å². The van der Waals surface area contributed by atoms with Crippen LogP contribution in [-0.2, 0) is 0 Å². The first-order valence-corrected chi connectivity index (χ1v) is 13.5. The standard InChI is InChI=1S/C20H24Si2/c1-5-15-16(6-2)22(4)19-13-9-7-11-17(19)21(15,3)18-12-8-10-14-20(18)22/h7-14H,5-6H2,1-4H3. The van der Waals surface area contributed by atoms with Crippen LogP contribution in [0.5, 0.6) is 0 Å². The Bertz CT molecular complexity index is 687. The van der Waals surface area contributed by atoms with E-state index in [4.69, 9.17) is 0 Å². The van der Waals surface area contributed by atoms with Crippen molar-refractivity contribution < 1.29 is 0 Å². The second-order valence-electron chi connectivity index (χ2n) is 7.01. The highest BCUT2D eigenvalue weighted by molar-refractivity contribution is 7.25. The Morgan fingerprint density at radius 2 is 0.864 bits per heavy atom. The first-order chi connectivity index (χ1) is 10.6. The summed E-state index contributed by atoms with van der Waals surface area (Å²) in [5.74, 6) is 0. The molecule has 22 heavy (non-hydrogen) atoms. The van der Waals surface area contributed by atoms with Gasteiger partial charge in [0, 0.05) is 0 Å². The van der Waals surface area contributed by atoms with E-state index in [2.05, 4.69) is 75.5 Å². The van der Waals surface area contributed by atoms with E-state index >= 15 is 0 Å². The molecule has 0 saturated carbocycles. The quantitative estimate of drug-likeness (QED) is 0.746. The van der Waals surface area contributed by atoms with E-state index in [1.807, 2.05) is 10.4 Å². The molecule has 2 bridgehead atoms. The lowest BCUT2D eigenvalue weighted by atomic mass is 10.3. The summed E-state index contributed by atoms with van der Waals surface area (Å²) in [6.45, 7) is 9.97. The maximum atomic E-state index is 2.60. The molecule has 3 heterocycles. The molecule has 0 aliphatic carbocycles. The lowest BCUT2D eigenvalue weighted by molar-refractivity contribution is 1.08. The summed E-state index contributed by atoms with van der Waals surface area (Å²) in [5, 5.41) is 10.6. The number of benzene rings is 2. The van der Waals surface area contributed by atoms with Crippen LogP contribution in [0.25, 0.3) is 0 Å². The highest BCUT2D eigenvalue weighted by atomic mass is 28.3. The van der Waals surface area contributed by atoms with Crippen molar-refractivity contribution in [1.82, 2.24) is 0 Å². The van der Waals surface area contributed by atoms with Gasteiger partial charge in [-0.3, -0.25) is 0 Å². The van der Waals surface area contributed by atoms with Crippen molar-refractivity contribution in [3.05, 3.63) is 58.9 Å². The van der Waals surface area contributed by atoms with Gasteiger partial charge in [0.1, 0.15) is 16.1 Å². The minimum atomic E-state index is -1.73. The normalized spacial score (nSPS) is 28.5. The summed E-state index contributed by atoms with van der Waals surface area (Å²) in [6, 6.07) is 18.8. The van der Waals surface area contributed by atoms with Crippen molar-refractivity contribution in [2.45, 2.75) is 39.8 Å². The topological polar surface area (TPSA) is 0 Å². The molecule has 0 saturated heterocycles. The molecule has 0 unspecified atom stereocenters. The monoisotopic (exact) mass is 320 g/mol. The number of allylic oxidation sites excluding steroid dienone is 2. The van der Waals surface area contributed by atoms with E-state index in [1.165, 1.54) is 12.8 Å². The molecule has 0 aromatic heterocycles. The van der Waals surface area contributed by atoms with E-state index < -0.39 is 16.1 Å². The Morgan fingerprint density at radius 3 is 1.09 bits per heavy atom. The van der Waals surface area contributed by atoms with E-state index in [9.17, 15) is 0 Å². The first-order valence-electron chi connectivity index (χ1n) is 8.53. The molecule has 2 aromatic rings. The van der Waals surface area contributed by atoms with Gasteiger partial charge >= 0.3 is 0 Å². The summed E-state index contributed by atoms with van der Waals surface area (Å²) in [5.41, 5.74) is 0. The molecule has 0 radical (unpaired) electrons. The van der Waals surface area contributed by atoms with Gasteiger partial charge in [-0.15, -0.1) is 0 Å². The summed E-state index contributed by atoms with van der Waals surface area (Å²) in [6.07, 6.45) is 2.47. The molecule has 5 rings (SSSR count). The fourth-order valence-electron chi connectivity index (χ4n) is 5.39. The van der Waals surface area contributed by atoms with Gasteiger partial charge in [0.15, 0.2) is 0 Å². The van der Waals surface area contributed by atoms with Crippen LogP contribution in [0.4, 0.5) is 0 Å². The molecule has 0 nitrogen and oxygen atoms in total. The highest BCUT2D eigenvalue weighted by Crippen LogP contribution is 2.37. The zero-order valence-corrected chi connectivity index (χ0v) is 16.0. The van der Waals surface area contributed by atoms with Crippen molar-refractivity contribution in [2.24, 2.45) is 0 Å². The highest BCUT2D eigenvalue weighted by Gasteiger charge is 2.56. The number of hydrogen-bond acceptors (Lipinski definition) is 0. The predicted molar refractivity (Wildman–Crippen MR) is 102 cm³/mol. The minimum Gasteiger partial charge on any atom is -0.0759 e.